The van der Waals surface area contributed by atoms with Crippen molar-refractivity contribution in [2.45, 2.75) is 31.9 Å². The smallest absolute Gasteiger partial charge is 0.129 e. The van der Waals surface area contributed by atoms with Crippen molar-refractivity contribution in [3.63, 3.8) is 0 Å². The number of nitrogens with one attached hydrogen (secondary N) is 1. The molecule has 2 atom stereocenters. The van der Waals surface area contributed by atoms with Crippen molar-refractivity contribution in [2.24, 2.45) is 0 Å². The molecule has 2 unspecified atom stereocenters. The van der Waals surface area contributed by atoms with Crippen LogP contribution in [0.4, 0.5) is 4.39 Å². The minimum absolute atomic E-state index is 0.213. The maximum atomic E-state index is 13.9. The second-order valence-electron chi connectivity index (χ2n) is 4.26. The van der Waals surface area contributed by atoms with E-state index >= 15 is 0 Å². The van der Waals surface area contributed by atoms with E-state index in [1.165, 1.54) is 6.07 Å². The molecule has 4 heteroatoms. The van der Waals surface area contributed by atoms with Gasteiger partial charge >= 0.3 is 0 Å². The van der Waals surface area contributed by atoms with Gasteiger partial charge in [-0.2, -0.15) is 0 Å². The topological polar surface area (TPSA) is 21.3 Å². The predicted octanol–water partition coefficient (Wildman–Crippen LogP) is 3.55. The molecule has 0 fully saturated rings. The van der Waals surface area contributed by atoms with Gasteiger partial charge in [-0.1, -0.05) is 24.6 Å². The van der Waals surface area contributed by atoms with Crippen molar-refractivity contribution in [1.82, 2.24) is 5.32 Å². The Hall–Kier alpha value is -0.640. The molecular weight excluding hydrogens is 241 g/mol. The summed E-state index contributed by atoms with van der Waals surface area (Å²) in [6, 6.07) is 4.50. The van der Waals surface area contributed by atoms with E-state index in [9.17, 15) is 4.39 Å². The quantitative estimate of drug-likeness (QED) is 0.873. The Labute approximate surface area is 107 Å². The normalized spacial score (nSPS) is 16.6. The first kappa shape index (κ1) is 14.4. The molecule has 96 valence electrons. The van der Waals surface area contributed by atoms with Gasteiger partial charge < -0.3 is 10.1 Å². The fourth-order valence-corrected chi connectivity index (χ4v) is 2.15. The molecule has 1 aromatic carbocycles. The lowest BCUT2D eigenvalue weighted by atomic mass is 9.87. The number of likely N-dealkylation sites (N-methyl/N-ethyl adjacent to an activating group) is 1. The standard InChI is InChI=1S/C13H19ClFNO/c1-5-13(2,17-4)12(16-3)10-7-6-9(14)8-11(10)15/h6-8,12,16H,5H2,1-4H3. The maximum Gasteiger partial charge on any atom is 0.129 e. The Balaban J connectivity index is 3.17. The molecular formula is C13H19ClFNO. The molecule has 0 amide bonds. The third kappa shape index (κ3) is 2.97. The molecule has 0 aromatic heterocycles. The number of hydrogen-bond acceptors (Lipinski definition) is 2. The summed E-state index contributed by atoms with van der Waals surface area (Å²) < 4.78 is 19.4. The Bertz CT molecular complexity index is 380. The highest BCUT2D eigenvalue weighted by Crippen LogP contribution is 2.33. The highest BCUT2D eigenvalue weighted by atomic mass is 35.5. The molecule has 2 nitrogen and oxygen atoms in total. The lowest BCUT2D eigenvalue weighted by Gasteiger charge is -2.36. The second-order valence-corrected chi connectivity index (χ2v) is 4.69. The van der Waals surface area contributed by atoms with Crippen LogP contribution in [0.15, 0.2) is 18.2 Å². The zero-order valence-corrected chi connectivity index (χ0v) is 11.4. The largest absolute Gasteiger partial charge is 0.377 e. The van der Waals surface area contributed by atoms with Crippen LogP contribution in [-0.4, -0.2) is 19.8 Å². The molecule has 1 aromatic rings. The van der Waals surface area contributed by atoms with Gasteiger partial charge in [-0.15, -0.1) is 0 Å². The molecule has 0 aliphatic carbocycles. The zero-order chi connectivity index (χ0) is 13.1. The molecule has 0 heterocycles. The summed E-state index contributed by atoms with van der Waals surface area (Å²) in [6.07, 6.45) is 0.775. The first-order chi connectivity index (χ1) is 7.98. The van der Waals surface area contributed by atoms with Crippen LogP contribution in [0.2, 0.25) is 5.02 Å². The van der Waals surface area contributed by atoms with E-state index in [1.807, 2.05) is 13.8 Å². The van der Waals surface area contributed by atoms with Crippen LogP contribution >= 0.6 is 11.6 Å². The van der Waals surface area contributed by atoms with Crippen LogP contribution in [0.25, 0.3) is 0 Å². The first-order valence-electron chi connectivity index (χ1n) is 5.66. The average molecular weight is 260 g/mol. The van der Waals surface area contributed by atoms with Gasteiger partial charge in [0, 0.05) is 17.7 Å². The summed E-state index contributed by atoms with van der Waals surface area (Å²) in [4.78, 5) is 0. The monoisotopic (exact) mass is 259 g/mol. The van der Waals surface area contributed by atoms with Gasteiger partial charge in [0.05, 0.1) is 11.6 Å². The highest BCUT2D eigenvalue weighted by molar-refractivity contribution is 6.30. The summed E-state index contributed by atoms with van der Waals surface area (Å²) in [7, 11) is 3.44. The summed E-state index contributed by atoms with van der Waals surface area (Å²) in [5.41, 5.74) is 0.117. The summed E-state index contributed by atoms with van der Waals surface area (Å²) in [5, 5.41) is 3.51. The maximum absolute atomic E-state index is 13.9. The van der Waals surface area contributed by atoms with Crippen LogP contribution in [0.5, 0.6) is 0 Å². The number of methoxy groups -OCH3 is 1. The van der Waals surface area contributed by atoms with Crippen molar-refractivity contribution in [1.29, 1.82) is 0 Å². The lowest BCUT2D eigenvalue weighted by Crippen LogP contribution is -2.41. The van der Waals surface area contributed by atoms with Crippen LogP contribution in [0.1, 0.15) is 31.9 Å². The highest BCUT2D eigenvalue weighted by Gasteiger charge is 2.34. The SMILES string of the molecule is CCC(C)(OC)C(NC)c1ccc(Cl)cc1F. The fourth-order valence-electron chi connectivity index (χ4n) is 1.99. The van der Waals surface area contributed by atoms with E-state index in [1.54, 1.807) is 26.3 Å². The van der Waals surface area contributed by atoms with E-state index in [2.05, 4.69) is 5.32 Å². The molecule has 17 heavy (non-hydrogen) atoms. The Morgan fingerprint density at radius 2 is 2.18 bits per heavy atom. The third-order valence-electron chi connectivity index (χ3n) is 3.34. The first-order valence-corrected chi connectivity index (χ1v) is 6.03. The van der Waals surface area contributed by atoms with Gasteiger partial charge in [0.25, 0.3) is 0 Å². The van der Waals surface area contributed by atoms with Gasteiger partial charge in [0.1, 0.15) is 5.82 Å². The Morgan fingerprint density at radius 1 is 1.53 bits per heavy atom. The Morgan fingerprint density at radius 3 is 2.59 bits per heavy atom. The lowest BCUT2D eigenvalue weighted by molar-refractivity contribution is -0.0289. The van der Waals surface area contributed by atoms with Crippen molar-refractivity contribution in [2.75, 3.05) is 14.2 Å². The molecule has 0 spiro atoms. The molecule has 0 saturated heterocycles. The molecule has 0 aliphatic rings. The van der Waals surface area contributed by atoms with E-state index in [0.29, 0.717) is 10.6 Å². The summed E-state index contributed by atoms with van der Waals surface area (Å²) in [5.74, 6) is -0.312. The van der Waals surface area contributed by atoms with Crippen LogP contribution < -0.4 is 5.32 Å². The average Bonchev–Trinajstić information content (AvgIpc) is 2.32. The van der Waals surface area contributed by atoms with Gasteiger partial charge in [-0.25, -0.2) is 4.39 Å². The van der Waals surface area contributed by atoms with E-state index in [-0.39, 0.29) is 11.9 Å². The minimum atomic E-state index is -0.455. The molecule has 1 N–H and O–H groups in total. The third-order valence-corrected chi connectivity index (χ3v) is 3.58. The van der Waals surface area contributed by atoms with Crippen LogP contribution in [0.3, 0.4) is 0 Å². The second kappa shape index (κ2) is 5.80. The number of rotatable bonds is 5. The van der Waals surface area contributed by atoms with Crippen LogP contribution in [-0.2, 0) is 4.74 Å². The van der Waals surface area contributed by atoms with Crippen molar-refractivity contribution in [3.8, 4) is 0 Å². The van der Waals surface area contributed by atoms with Gasteiger partial charge in [0.15, 0.2) is 0 Å². The Kier molecular flexibility index (Phi) is 4.92. The van der Waals surface area contributed by atoms with Crippen LogP contribution in [0, 0.1) is 5.82 Å². The summed E-state index contributed by atoms with van der Waals surface area (Å²) >= 11 is 5.76. The zero-order valence-electron chi connectivity index (χ0n) is 10.7. The minimum Gasteiger partial charge on any atom is -0.377 e. The number of hydrogen-bond donors (Lipinski definition) is 1. The van der Waals surface area contributed by atoms with E-state index in [0.717, 1.165) is 6.42 Å². The molecule has 0 saturated carbocycles. The van der Waals surface area contributed by atoms with Crippen molar-refractivity contribution in [3.05, 3.63) is 34.6 Å². The van der Waals surface area contributed by atoms with E-state index in [4.69, 9.17) is 16.3 Å². The number of benzene rings is 1. The predicted molar refractivity (Wildman–Crippen MR) is 68.9 cm³/mol. The van der Waals surface area contributed by atoms with Gasteiger partial charge in [-0.05, 0) is 32.5 Å². The number of ether oxygens (including phenoxy) is 1. The molecule has 0 radical (unpaired) electrons. The summed E-state index contributed by atoms with van der Waals surface area (Å²) in [6.45, 7) is 3.98. The van der Waals surface area contributed by atoms with Crippen molar-refractivity contribution < 1.29 is 9.13 Å². The van der Waals surface area contributed by atoms with Crippen molar-refractivity contribution >= 4 is 11.6 Å². The molecule has 0 aliphatic heterocycles. The van der Waals surface area contributed by atoms with Gasteiger partial charge in [0.2, 0.25) is 0 Å². The number of halogens is 2. The van der Waals surface area contributed by atoms with Gasteiger partial charge in [-0.3, -0.25) is 0 Å². The molecule has 1 rings (SSSR count). The molecule has 0 bridgehead atoms. The fraction of sp³-hybridized carbons (Fsp3) is 0.538. The van der Waals surface area contributed by atoms with E-state index < -0.39 is 5.60 Å².